The van der Waals surface area contributed by atoms with Crippen LogP contribution in [0, 0.1) is 0 Å². The molecule has 0 aromatic heterocycles. The second-order valence-electron chi connectivity index (χ2n) is 3.42. The summed E-state index contributed by atoms with van der Waals surface area (Å²) in [5, 5.41) is 8.76. The van der Waals surface area contributed by atoms with E-state index < -0.39 is 5.97 Å². The Labute approximate surface area is 103 Å². The number of halogens is 1. The predicted octanol–water partition coefficient (Wildman–Crippen LogP) is 1.97. The van der Waals surface area contributed by atoms with E-state index in [1.165, 1.54) is 0 Å². The summed E-state index contributed by atoms with van der Waals surface area (Å²) in [4.78, 5) is 10.7. The maximum atomic E-state index is 10.7. The van der Waals surface area contributed by atoms with Gasteiger partial charge >= 0.3 is 5.97 Å². The number of benzene rings is 1. The zero-order valence-corrected chi connectivity index (χ0v) is 10.5. The van der Waals surface area contributed by atoms with Crippen LogP contribution in [0.5, 0.6) is 5.75 Å². The van der Waals surface area contributed by atoms with Crippen LogP contribution in [0.15, 0.2) is 22.7 Å². The van der Waals surface area contributed by atoms with Gasteiger partial charge in [0.05, 0.1) is 18.0 Å². The van der Waals surface area contributed by atoms with Gasteiger partial charge in [-0.3, -0.25) is 4.79 Å². The summed E-state index contributed by atoms with van der Waals surface area (Å²) in [6.45, 7) is 0.303. The van der Waals surface area contributed by atoms with Gasteiger partial charge in [-0.2, -0.15) is 0 Å². The molecule has 0 aliphatic heterocycles. The average molecular weight is 288 g/mol. The third-order valence-electron chi connectivity index (χ3n) is 2.35. The molecule has 1 atom stereocenters. The number of hydrogen-bond donors (Lipinski definition) is 2. The van der Waals surface area contributed by atoms with Crippen molar-refractivity contribution in [2.75, 3.05) is 13.7 Å². The van der Waals surface area contributed by atoms with Crippen molar-refractivity contribution in [1.82, 2.24) is 0 Å². The maximum Gasteiger partial charge on any atom is 0.304 e. The largest absolute Gasteiger partial charge is 0.496 e. The van der Waals surface area contributed by atoms with Crippen molar-refractivity contribution in [3.8, 4) is 5.75 Å². The summed E-state index contributed by atoms with van der Waals surface area (Å²) < 4.78 is 5.99. The first kappa shape index (κ1) is 13.0. The summed E-state index contributed by atoms with van der Waals surface area (Å²) in [6.07, 6.45) is 0.0291. The van der Waals surface area contributed by atoms with E-state index >= 15 is 0 Å². The number of methoxy groups -OCH3 is 1. The SMILES string of the molecule is COc1cc(C(CN)CC(=O)O)ccc1Br. The third-order valence-corrected chi connectivity index (χ3v) is 3.01. The Bertz CT molecular complexity index is 381. The van der Waals surface area contributed by atoms with E-state index in [1.54, 1.807) is 7.11 Å². The van der Waals surface area contributed by atoms with Gasteiger partial charge in [-0.1, -0.05) is 6.07 Å². The molecule has 4 nitrogen and oxygen atoms in total. The van der Waals surface area contributed by atoms with Gasteiger partial charge in [-0.25, -0.2) is 0 Å². The second-order valence-corrected chi connectivity index (χ2v) is 4.28. The molecule has 1 aromatic carbocycles. The Kier molecular flexibility index (Phi) is 4.76. The van der Waals surface area contributed by atoms with Crippen LogP contribution < -0.4 is 10.5 Å². The van der Waals surface area contributed by atoms with Crippen LogP contribution >= 0.6 is 15.9 Å². The summed E-state index contributed by atoms with van der Waals surface area (Å²) in [6, 6.07) is 5.50. The van der Waals surface area contributed by atoms with Crippen molar-refractivity contribution >= 4 is 21.9 Å². The second kappa shape index (κ2) is 5.86. The molecule has 0 amide bonds. The van der Waals surface area contributed by atoms with Gasteiger partial charge in [0.1, 0.15) is 5.75 Å². The van der Waals surface area contributed by atoms with Crippen LogP contribution in [0.4, 0.5) is 0 Å². The number of rotatable bonds is 5. The molecule has 3 N–H and O–H groups in total. The summed E-state index contributed by atoms with van der Waals surface area (Å²) in [5.74, 6) is -0.349. The molecule has 0 radical (unpaired) electrons. The van der Waals surface area contributed by atoms with Crippen molar-refractivity contribution < 1.29 is 14.6 Å². The summed E-state index contributed by atoms with van der Waals surface area (Å²) in [7, 11) is 1.57. The van der Waals surface area contributed by atoms with Crippen molar-refractivity contribution in [1.29, 1.82) is 0 Å². The van der Waals surface area contributed by atoms with Gasteiger partial charge in [-0.15, -0.1) is 0 Å². The summed E-state index contributed by atoms with van der Waals surface area (Å²) >= 11 is 3.34. The maximum absolute atomic E-state index is 10.7. The minimum absolute atomic E-state index is 0.0291. The third kappa shape index (κ3) is 3.21. The van der Waals surface area contributed by atoms with E-state index in [0.717, 1.165) is 10.0 Å². The monoisotopic (exact) mass is 287 g/mol. The summed E-state index contributed by atoms with van der Waals surface area (Å²) in [5.41, 5.74) is 6.45. The fraction of sp³-hybridized carbons (Fsp3) is 0.364. The number of carbonyl (C=O) groups is 1. The fourth-order valence-electron chi connectivity index (χ4n) is 1.48. The minimum atomic E-state index is -0.850. The van der Waals surface area contributed by atoms with Crippen LogP contribution in [0.1, 0.15) is 17.9 Å². The van der Waals surface area contributed by atoms with Crippen molar-refractivity contribution in [2.45, 2.75) is 12.3 Å². The number of aliphatic carboxylic acids is 1. The molecule has 1 unspecified atom stereocenters. The van der Waals surface area contributed by atoms with Gasteiger partial charge in [0.15, 0.2) is 0 Å². The number of nitrogens with two attached hydrogens (primary N) is 1. The van der Waals surface area contributed by atoms with E-state index in [-0.39, 0.29) is 12.3 Å². The van der Waals surface area contributed by atoms with Crippen LogP contribution in [-0.4, -0.2) is 24.7 Å². The smallest absolute Gasteiger partial charge is 0.304 e. The highest BCUT2D eigenvalue weighted by Crippen LogP contribution is 2.29. The minimum Gasteiger partial charge on any atom is -0.496 e. The first-order valence-electron chi connectivity index (χ1n) is 4.83. The zero-order valence-electron chi connectivity index (χ0n) is 8.94. The number of carboxylic acids is 1. The van der Waals surface area contributed by atoms with Crippen molar-refractivity contribution in [3.05, 3.63) is 28.2 Å². The van der Waals surface area contributed by atoms with Crippen molar-refractivity contribution in [2.24, 2.45) is 5.73 Å². The molecule has 1 rings (SSSR count). The van der Waals surface area contributed by atoms with E-state index in [0.29, 0.717) is 12.3 Å². The Morgan fingerprint density at radius 2 is 2.31 bits per heavy atom. The molecule has 88 valence electrons. The molecule has 16 heavy (non-hydrogen) atoms. The first-order valence-corrected chi connectivity index (χ1v) is 5.63. The molecule has 0 spiro atoms. The standard InChI is InChI=1S/C11H14BrNO3/c1-16-10-4-7(2-3-9(10)12)8(6-13)5-11(14)15/h2-4,8H,5-6,13H2,1H3,(H,14,15). The van der Waals surface area contributed by atoms with Crippen LogP contribution in [0.3, 0.4) is 0 Å². The van der Waals surface area contributed by atoms with E-state index in [9.17, 15) is 4.79 Å². The predicted molar refractivity (Wildman–Crippen MR) is 64.7 cm³/mol. The average Bonchev–Trinajstić information content (AvgIpc) is 2.26. The molecule has 0 aliphatic rings. The molecule has 5 heteroatoms. The van der Waals surface area contributed by atoms with E-state index in [2.05, 4.69) is 15.9 Å². The van der Waals surface area contributed by atoms with E-state index in [1.807, 2.05) is 18.2 Å². The highest BCUT2D eigenvalue weighted by Gasteiger charge is 2.15. The lowest BCUT2D eigenvalue weighted by atomic mass is 9.96. The highest BCUT2D eigenvalue weighted by atomic mass is 79.9. The zero-order chi connectivity index (χ0) is 12.1. The van der Waals surface area contributed by atoms with E-state index in [4.69, 9.17) is 15.6 Å². The molecule has 0 bridgehead atoms. The molecule has 0 fully saturated rings. The molecule has 0 heterocycles. The molecule has 0 saturated carbocycles. The number of carboxylic acid groups (broad SMARTS) is 1. The van der Waals surface area contributed by atoms with Gasteiger partial charge in [0.25, 0.3) is 0 Å². The number of hydrogen-bond acceptors (Lipinski definition) is 3. The van der Waals surface area contributed by atoms with Gasteiger partial charge in [0, 0.05) is 5.92 Å². The Balaban J connectivity index is 2.96. The lowest BCUT2D eigenvalue weighted by Gasteiger charge is -2.14. The molecular weight excluding hydrogens is 274 g/mol. The lowest BCUT2D eigenvalue weighted by molar-refractivity contribution is -0.137. The van der Waals surface area contributed by atoms with Gasteiger partial charge in [-0.05, 0) is 40.2 Å². The number of ether oxygens (including phenoxy) is 1. The van der Waals surface area contributed by atoms with Gasteiger partial charge < -0.3 is 15.6 Å². The van der Waals surface area contributed by atoms with Crippen molar-refractivity contribution in [3.63, 3.8) is 0 Å². The molecule has 1 aromatic rings. The normalized spacial score (nSPS) is 12.2. The topological polar surface area (TPSA) is 72.5 Å². The Morgan fingerprint density at radius 3 is 2.81 bits per heavy atom. The molecule has 0 saturated heterocycles. The first-order chi connectivity index (χ1) is 7.58. The fourth-order valence-corrected chi connectivity index (χ4v) is 1.89. The van der Waals surface area contributed by atoms with Crippen LogP contribution in [0.2, 0.25) is 0 Å². The highest BCUT2D eigenvalue weighted by molar-refractivity contribution is 9.10. The Morgan fingerprint density at radius 1 is 1.62 bits per heavy atom. The lowest BCUT2D eigenvalue weighted by Crippen LogP contribution is -2.16. The quantitative estimate of drug-likeness (QED) is 0.869. The molecule has 0 aliphatic carbocycles. The Hall–Kier alpha value is -1.07. The molecular formula is C11H14BrNO3. The van der Waals surface area contributed by atoms with Crippen LogP contribution in [0.25, 0.3) is 0 Å². The van der Waals surface area contributed by atoms with Gasteiger partial charge in [0.2, 0.25) is 0 Å². The van der Waals surface area contributed by atoms with Crippen LogP contribution in [-0.2, 0) is 4.79 Å².